The van der Waals surface area contributed by atoms with Crippen LogP contribution in [0, 0.1) is 0 Å². The van der Waals surface area contributed by atoms with Crippen molar-refractivity contribution in [2.24, 2.45) is 0 Å². The predicted molar refractivity (Wildman–Crippen MR) is 165 cm³/mol. The van der Waals surface area contributed by atoms with Gasteiger partial charge in [0.2, 0.25) is 0 Å². The van der Waals surface area contributed by atoms with Crippen molar-refractivity contribution in [2.75, 3.05) is 42.3 Å². The number of fused-ring (bicyclic) bond motifs is 3. The molecule has 1 saturated heterocycles. The molecule has 6 nitrogen and oxygen atoms in total. The molecule has 4 aromatic rings. The van der Waals surface area contributed by atoms with E-state index >= 15 is 0 Å². The average molecular weight is 553 g/mol. The molecule has 1 fully saturated rings. The van der Waals surface area contributed by atoms with Crippen LogP contribution in [0.3, 0.4) is 0 Å². The van der Waals surface area contributed by atoms with Gasteiger partial charge in [-0.3, -0.25) is 9.59 Å². The minimum absolute atomic E-state index is 0. The molecule has 40 heavy (non-hydrogen) atoms. The second-order valence-corrected chi connectivity index (χ2v) is 10.5. The molecule has 204 valence electrons. The van der Waals surface area contributed by atoms with Gasteiger partial charge in [-0.1, -0.05) is 60.7 Å². The van der Waals surface area contributed by atoms with Crippen LogP contribution in [-0.2, 0) is 0 Å². The number of halogens is 1. The van der Waals surface area contributed by atoms with Crippen LogP contribution in [-0.4, -0.2) is 56.0 Å². The SMILES string of the molecule is CN(C)C1CC2CN(C(=O)c3ccc(NC(=O)c4ccccc4-c4ccccc4)cc3)c3ccccc3N2C1.Cl. The normalized spacial score (nSPS) is 17.6. The van der Waals surface area contributed by atoms with Gasteiger partial charge in [0.05, 0.1) is 11.4 Å². The van der Waals surface area contributed by atoms with Crippen molar-refractivity contribution < 1.29 is 9.59 Å². The van der Waals surface area contributed by atoms with E-state index in [9.17, 15) is 9.59 Å². The monoisotopic (exact) mass is 552 g/mol. The van der Waals surface area contributed by atoms with Crippen molar-refractivity contribution in [3.8, 4) is 11.1 Å². The van der Waals surface area contributed by atoms with E-state index in [2.05, 4.69) is 35.3 Å². The highest BCUT2D eigenvalue weighted by Gasteiger charge is 2.40. The number of nitrogens with one attached hydrogen (secondary N) is 1. The molecule has 0 saturated carbocycles. The van der Waals surface area contributed by atoms with E-state index in [0.29, 0.717) is 35.4 Å². The second kappa shape index (κ2) is 11.5. The Hall–Kier alpha value is -4.13. The van der Waals surface area contributed by atoms with Crippen LogP contribution < -0.4 is 15.1 Å². The second-order valence-electron chi connectivity index (χ2n) is 10.5. The molecule has 2 heterocycles. The van der Waals surface area contributed by atoms with Crippen molar-refractivity contribution in [1.29, 1.82) is 0 Å². The van der Waals surface area contributed by atoms with Crippen LogP contribution in [0.5, 0.6) is 0 Å². The Labute approximate surface area is 241 Å². The third kappa shape index (κ3) is 5.20. The summed E-state index contributed by atoms with van der Waals surface area (Å²) in [5, 5.41) is 3.00. The predicted octanol–water partition coefficient (Wildman–Crippen LogP) is 6.20. The van der Waals surface area contributed by atoms with Gasteiger partial charge in [0, 0.05) is 42.0 Å². The average Bonchev–Trinajstić information content (AvgIpc) is 3.42. The van der Waals surface area contributed by atoms with Gasteiger partial charge in [-0.05, 0) is 74.1 Å². The van der Waals surface area contributed by atoms with Gasteiger partial charge in [-0.15, -0.1) is 12.4 Å². The van der Waals surface area contributed by atoms with Gasteiger partial charge in [-0.25, -0.2) is 0 Å². The lowest BCUT2D eigenvalue weighted by atomic mass is 9.99. The fourth-order valence-electron chi connectivity index (χ4n) is 5.77. The molecule has 2 amide bonds. The molecule has 0 aliphatic carbocycles. The highest BCUT2D eigenvalue weighted by molar-refractivity contribution is 6.10. The fraction of sp³-hybridized carbons (Fsp3) is 0.212. The summed E-state index contributed by atoms with van der Waals surface area (Å²) in [6.07, 6.45) is 1.03. The number of amides is 2. The highest BCUT2D eigenvalue weighted by Crippen LogP contribution is 2.40. The molecule has 4 aromatic carbocycles. The van der Waals surface area contributed by atoms with E-state index in [1.165, 1.54) is 0 Å². The summed E-state index contributed by atoms with van der Waals surface area (Å²) in [4.78, 5) is 33.6. The molecule has 0 bridgehead atoms. The van der Waals surface area contributed by atoms with Gasteiger partial charge in [0.15, 0.2) is 0 Å². The number of carbonyl (C=O) groups is 2. The Morgan fingerprint density at radius 1 is 0.775 bits per heavy atom. The van der Waals surface area contributed by atoms with E-state index < -0.39 is 0 Å². The number of carbonyl (C=O) groups excluding carboxylic acids is 2. The topological polar surface area (TPSA) is 55.9 Å². The van der Waals surface area contributed by atoms with Crippen molar-refractivity contribution in [2.45, 2.75) is 18.5 Å². The summed E-state index contributed by atoms with van der Waals surface area (Å²) in [7, 11) is 4.25. The summed E-state index contributed by atoms with van der Waals surface area (Å²) >= 11 is 0. The zero-order valence-corrected chi connectivity index (χ0v) is 23.5. The Kier molecular flexibility index (Phi) is 7.92. The summed E-state index contributed by atoms with van der Waals surface area (Å²) in [6.45, 7) is 1.63. The van der Waals surface area contributed by atoms with Crippen LogP contribution in [0.2, 0.25) is 0 Å². The number of benzene rings is 4. The first-order chi connectivity index (χ1) is 19.0. The van der Waals surface area contributed by atoms with Gasteiger partial charge in [0.25, 0.3) is 11.8 Å². The number of hydrogen-bond donors (Lipinski definition) is 1. The van der Waals surface area contributed by atoms with Crippen LogP contribution in [0.4, 0.5) is 17.1 Å². The Morgan fingerprint density at radius 3 is 2.15 bits per heavy atom. The largest absolute Gasteiger partial charge is 0.363 e. The number of hydrogen-bond acceptors (Lipinski definition) is 4. The van der Waals surface area contributed by atoms with Crippen molar-refractivity contribution in [1.82, 2.24) is 4.90 Å². The lowest BCUT2D eigenvalue weighted by molar-refractivity contribution is 0.0983. The Bertz CT molecular complexity index is 1510. The highest BCUT2D eigenvalue weighted by atomic mass is 35.5. The first-order valence-electron chi connectivity index (χ1n) is 13.4. The summed E-state index contributed by atoms with van der Waals surface area (Å²) in [5.41, 5.74) is 5.79. The Morgan fingerprint density at radius 2 is 1.43 bits per heavy atom. The fourth-order valence-corrected chi connectivity index (χ4v) is 5.77. The molecule has 6 rings (SSSR count). The van der Waals surface area contributed by atoms with Gasteiger partial charge < -0.3 is 20.0 Å². The smallest absolute Gasteiger partial charge is 0.258 e. The van der Waals surface area contributed by atoms with Crippen LogP contribution in [0.1, 0.15) is 27.1 Å². The molecular weight excluding hydrogens is 520 g/mol. The van der Waals surface area contributed by atoms with E-state index in [1.807, 2.05) is 77.7 Å². The van der Waals surface area contributed by atoms with Gasteiger partial charge >= 0.3 is 0 Å². The molecular formula is C33H33ClN4O2. The van der Waals surface area contributed by atoms with Crippen LogP contribution in [0.15, 0.2) is 103 Å². The van der Waals surface area contributed by atoms with Gasteiger partial charge in [0.1, 0.15) is 0 Å². The van der Waals surface area contributed by atoms with Crippen molar-refractivity contribution in [3.63, 3.8) is 0 Å². The van der Waals surface area contributed by atoms with Crippen LogP contribution >= 0.6 is 12.4 Å². The number of para-hydroxylation sites is 2. The van der Waals surface area contributed by atoms with E-state index in [-0.39, 0.29) is 24.2 Å². The summed E-state index contributed by atoms with van der Waals surface area (Å²) in [6, 6.07) is 33.6. The molecule has 7 heteroatoms. The summed E-state index contributed by atoms with van der Waals surface area (Å²) < 4.78 is 0. The summed E-state index contributed by atoms with van der Waals surface area (Å²) in [5.74, 6) is -0.210. The molecule has 2 unspecified atom stereocenters. The maximum absolute atomic E-state index is 13.7. The minimum Gasteiger partial charge on any atom is -0.363 e. The van der Waals surface area contributed by atoms with Crippen molar-refractivity contribution in [3.05, 3.63) is 114 Å². The van der Waals surface area contributed by atoms with Crippen LogP contribution in [0.25, 0.3) is 11.1 Å². The van der Waals surface area contributed by atoms with E-state index in [0.717, 1.165) is 35.5 Å². The third-order valence-electron chi connectivity index (χ3n) is 7.89. The third-order valence-corrected chi connectivity index (χ3v) is 7.89. The number of nitrogens with zero attached hydrogens (tertiary/aromatic N) is 3. The van der Waals surface area contributed by atoms with Crippen molar-refractivity contribution >= 4 is 41.3 Å². The molecule has 2 aliphatic rings. The molecule has 2 aliphatic heterocycles. The van der Waals surface area contributed by atoms with E-state index in [4.69, 9.17) is 0 Å². The standard InChI is InChI=1S/C33H32N4O2.ClH/c1-35(2)26-20-27-22-37(31-15-9-8-14-30(31)36(27)21-26)33(39)24-16-18-25(19-17-24)34-32(38)29-13-7-6-12-28(29)23-10-4-3-5-11-23;/h3-19,26-27H,20-22H2,1-2H3,(H,34,38);1H. The molecule has 0 radical (unpaired) electrons. The lowest BCUT2D eigenvalue weighted by Crippen LogP contribution is -2.48. The number of likely N-dealkylation sites (N-methyl/N-ethyl adjacent to an activating group) is 1. The zero-order chi connectivity index (χ0) is 26.9. The molecule has 0 spiro atoms. The number of rotatable bonds is 5. The molecule has 0 aromatic heterocycles. The molecule has 1 N–H and O–H groups in total. The first kappa shape index (κ1) is 27.4. The Balaban J connectivity index is 0.00000323. The number of anilines is 3. The first-order valence-corrected chi connectivity index (χ1v) is 13.4. The lowest BCUT2D eigenvalue weighted by Gasteiger charge is -2.40. The maximum Gasteiger partial charge on any atom is 0.258 e. The quantitative estimate of drug-likeness (QED) is 0.320. The zero-order valence-electron chi connectivity index (χ0n) is 22.7. The van der Waals surface area contributed by atoms with Gasteiger partial charge in [-0.2, -0.15) is 0 Å². The minimum atomic E-state index is -0.185. The maximum atomic E-state index is 13.7. The van der Waals surface area contributed by atoms with E-state index in [1.54, 1.807) is 24.3 Å². The molecule has 2 atom stereocenters.